The quantitative estimate of drug-likeness (QED) is 0.561. The minimum Gasteiger partial charge on any atom is -0.425 e. The molecule has 0 spiro atoms. The number of pyridine rings is 1. The lowest BCUT2D eigenvalue weighted by Gasteiger charge is -2.23. The predicted molar refractivity (Wildman–Crippen MR) is 92.4 cm³/mol. The molecule has 0 aliphatic carbocycles. The zero-order valence-corrected chi connectivity index (χ0v) is 14.8. The number of alkyl halides is 3. The standard InChI is InChI=1S/C15H12ClF3N4O2S/c1-3-7-22(14(24)25-13(26-2)15(17,18)19)11-9-23(21-12(11)16)10-5-4-6-20-8-10/h1,4-6,8-9,13H,7H2,2H3. The number of terminal acetylenes is 1. The molecule has 0 aromatic carbocycles. The summed E-state index contributed by atoms with van der Waals surface area (Å²) in [6, 6.07) is 3.34. The van der Waals surface area contributed by atoms with Crippen molar-refractivity contribution in [3.8, 4) is 18.0 Å². The maximum Gasteiger partial charge on any atom is 0.435 e. The molecule has 138 valence electrons. The van der Waals surface area contributed by atoms with Crippen molar-refractivity contribution in [1.29, 1.82) is 0 Å². The van der Waals surface area contributed by atoms with Crippen LogP contribution in [0.4, 0.5) is 23.7 Å². The van der Waals surface area contributed by atoms with Crippen molar-refractivity contribution in [3.63, 3.8) is 0 Å². The minimum atomic E-state index is -4.72. The van der Waals surface area contributed by atoms with E-state index in [0.29, 0.717) is 17.4 Å². The highest BCUT2D eigenvalue weighted by Gasteiger charge is 2.43. The fourth-order valence-electron chi connectivity index (χ4n) is 1.89. The number of nitrogens with zero attached hydrogens (tertiary/aromatic N) is 4. The highest BCUT2D eigenvalue weighted by molar-refractivity contribution is 7.99. The summed E-state index contributed by atoms with van der Waals surface area (Å²) in [4.78, 5) is 17.0. The van der Waals surface area contributed by atoms with Crippen molar-refractivity contribution in [1.82, 2.24) is 14.8 Å². The van der Waals surface area contributed by atoms with Gasteiger partial charge in [0.1, 0.15) is 5.69 Å². The Balaban J connectivity index is 2.31. The molecule has 0 N–H and O–H groups in total. The molecular weight excluding hydrogens is 393 g/mol. The smallest absolute Gasteiger partial charge is 0.425 e. The summed E-state index contributed by atoms with van der Waals surface area (Å²) >= 11 is 6.37. The van der Waals surface area contributed by atoms with E-state index in [-0.39, 0.29) is 17.4 Å². The number of hydrogen-bond acceptors (Lipinski definition) is 5. The molecule has 0 fully saturated rings. The molecule has 2 rings (SSSR count). The number of carbonyl (C=O) groups excluding carboxylic acids is 1. The van der Waals surface area contributed by atoms with E-state index in [4.69, 9.17) is 18.0 Å². The van der Waals surface area contributed by atoms with E-state index in [9.17, 15) is 18.0 Å². The van der Waals surface area contributed by atoms with Gasteiger partial charge in [-0.3, -0.25) is 9.88 Å². The molecule has 0 saturated carbocycles. The number of aromatic nitrogens is 3. The van der Waals surface area contributed by atoms with Gasteiger partial charge in [-0.15, -0.1) is 18.2 Å². The molecule has 0 aliphatic heterocycles. The summed E-state index contributed by atoms with van der Waals surface area (Å²) in [5, 5.41) is 3.88. The largest absolute Gasteiger partial charge is 0.435 e. The number of thioether (sulfide) groups is 1. The van der Waals surface area contributed by atoms with Crippen LogP contribution in [-0.4, -0.2) is 45.3 Å². The molecule has 11 heteroatoms. The van der Waals surface area contributed by atoms with Gasteiger partial charge in [0.05, 0.1) is 24.6 Å². The van der Waals surface area contributed by atoms with Crippen LogP contribution in [0, 0.1) is 12.3 Å². The lowest BCUT2D eigenvalue weighted by atomic mass is 10.4. The van der Waals surface area contributed by atoms with Crippen LogP contribution < -0.4 is 4.90 Å². The third-order valence-electron chi connectivity index (χ3n) is 3.01. The van der Waals surface area contributed by atoms with Crippen LogP contribution in [0.15, 0.2) is 30.7 Å². The van der Waals surface area contributed by atoms with E-state index >= 15 is 0 Å². The normalized spacial score (nSPS) is 12.3. The first-order chi connectivity index (χ1) is 12.3. The topological polar surface area (TPSA) is 60.2 Å². The molecule has 2 heterocycles. The first kappa shape index (κ1) is 19.9. The Bertz CT molecular complexity index is 807. The minimum absolute atomic E-state index is 0.0143. The Morgan fingerprint density at radius 2 is 2.31 bits per heavy atom. The highest BCUT2D eigenvalue weighted by Crippen LogP contribution is 2.32. The van der Waals surface area contributed by atoms with E-state index in [1.54, 1.807) is 18.3 Å². The van der Waals surface area contributed by atoms with Gasteiger partial charge < -0.3 is 4.74 Å². The molecular formula is C15H12ClF3N4O2S. The molecule has 0 radical (unpaired) electrons. The van der Waals surface area contributed by atoms with Gasteiger partial charge in [-0.1, -0.05) is 17.5 Å². The van der Waals surface area contributed by atoms with E-state index in [1.807, 2.05) is 0 Å². The monoisotopic (exact) mass is 404 g/mol. The van der Waals surface area contributed by atoms with Crippen LogP contribution in [0.3, 0.4) is 0 Å². The molecule has 1 atom stereocenters. The van der Waals surface area contributed by atoms with Crippen LogP contribution in [0.5, 0.6) is 0 Å². The third kappa shape index (κ3) is 4.62. The van der Waals surface area contributed by atoms with Gasteiger partial charge >= 0.3 is 12.3 Å². The fourth-order valence-corrected chi connectivity index (χ4v) is 2.57. The van der Waals surface area contributed by atoms with Gasteiger partial charge in [0.2, 0.25) is 5.44 Å². The van der Waals surface area contributed by atoms with E-state index < -0.39 is 17.7 Å². The van der Waals surface area contributed by atoms with Crippen molar-refractivity contribution >= 4 is 35.1 Å². The van der Waals surface area contributed by atoms with Gasteiger partial charge in [0, 0.05) is 6.20 Å². The Kier molecular flexibility index (Phi) is 6.39. The average molecular weight is 405 g/mol. The third-order valence-corrected chi connectivity index (χ3v) is 4.07. The second-order valence-corrected chi connectivity index (χ2v) is 6.00. The molecule has 0 bridgehead atoms. The first-order valence-corrected chi connectivity index (χ1v) is 8.61. The van der Waals surface area contributed by atoms with Crippen LogP contribution >= 0.6 is 23.4 Å². The van der Waals surface area contributed by atoms with Gasteiger partial charge in [-0.25, -0.2) is 9.48 Å². The Morgan fingerprint density at radius 1 is 1.58 bits per heavy atom. The fraction of sp³-hybridized carbons (Fsp3) is 0.267. The number of halogens is 4. The molecule has 6 nitrogen and oxygen atoms in total. The van der Waals surface area contributed by atoms with Crippen molar-refractivity contribution in [3.05, 3.63) is 35.9 Å². The summed E-state index contributed by atoms with van der Waals surface area (Å²) in [6.07, 6.45) is 4.77. The average Bonchev–Trinajstić information content (AvgIpc) is 2.98. The Labute approximate surface area is 156 Å². The summed E-state index contributed by atoms with van der Waals surface area (Å²) in [6.45, 7) is -0.351. The number of carbonyl (C=O) groups is 1. The van der Waals surface area contributed by atoms with Crippen LogP contribution in [0.25, 0.3) is 5.69 Å². The summed E-state index contributed by atoms with van der Waals surface area (Å²) < 4.78 is 44.3. The van der Waals surface area contributed by atoms with Gasteiger partial charge in [-0.2, -0.15) is 18.3 Å². The molecule has 2 aromatic heterocycles. The highest BCUT2D eigenvalue weighted by atomic mass is 35.5. The van der Waals surface area contributed by atoms with Crippen molar-refractivity contribution in [2.75, 3.05) is 17.7 Å². The lowest BCUT2D eigenvalue weighted by molar-refractivity contribution is -0.173. The Hall–Kier alpha value is -2.38. The SMILES string of the molecule is C#CCN(C(=O)OC(SC)C(F)(F)F)c1cn(-c2cccnc2)nc1Cl. The van der Waals surface area contributed by atoms with Crippen molar-refractivity contribution in [2.24, 2.45) is 0 Å². The number of amides is 1. The summed E-state index contributed by atoms with van der Waals surface area (Å²) in [5.74, 6) is 2.18. The maximum atomic E-state index is 12.8. The number of ether oxygens (including phenoxy) is 1. The van der Waals surface area contributed by atoms with Crippen LogP contribution in [-0.2, 0) is 4.74 Å². The van der Waals surface area contributed by atoms with Gasteiger partial charge in [0.15, 0.2) is 5.15 Å². The number of anilines is 1. The van der Waals surface area contributed by atoms with Crippen molar-refractivity contribution < 1.29 is 22.7 Å². The number of rotatable bonds is 5. The van der Waals surface area contributed by atoms with Crippen LogP contribution in [0.2, 0.25) is 5.15 Å². The summed E-state index contributed by atoms with van der Waals surface area (Å²) in [5.41, 5.74) is -1.78. The lowest BCUT2D eigenvalue weighted by Crippen LogP contribution is -2.38. The van der Waals surface area contributed by atoms with E-state index in [0.717, 1.165) is 4.90 Å². The number of hydrogen-bond donors (Lipinski definition) is 0. The predicted octanol–water partition coefficient (Wildman–Crippen LogP) is 3.75. The van der Waals surface area contributed by atoms with E-state index in [2.05, 4.69) is 20.7 Å². The first-order valence-electron chi connectivity index (χ1n) is 6.94. The van der Waals surface area contributed by atoms with E-state index in [1.165, 1.54) is 23.3 Å². The Morgan fingerprint density at radius 3 is 2.85 bits per heavy atom. The molecule has 1 amide bonds. The zero-order chi connectivity index (χ0) is 19.3. The second-order valence-electron chi connectivity index (χ2n) is 4.74. The van der Waals surface area contributed by atoms with Crippen LogP contribution in [0.1, 0.15) is 0 Å². The van der Waals surface area contributed by atoms with Gasteiger partial charge in [-0.05, 0) is 18.4 Å². The van der Waals surface area contributed by atoms with Crippen molar-refractivity contribution in [2.45, 2.75) is 11.6 Å². The molecule has 2 aromatic rings. The van der Waals surface area contributed by atoms with Gasteiger partial charge in [0.25, 0.3) is 0 Å². The second kappa shape index (κ2) is 8.33. The molecule has 0 aliphatic rings. The zero-order valence-electron chi connectivity index (χ0n) is 13.3. The molecule has 0 saturated heterocycles. The maximum absolute atomic E-state index is 12.8. The molecule has 1 unspecified atom stereocenters. The summed E-state index contributed by atoms with van der Waals surface area (Å²) in [7, 11) is 0. The molecule has 26 heavy (non-hydrogen) atoms.